The van der Waals surface area contributed by atoms with Gasteiger partial charge in [-0.25, -0.2) is 0 Å². The Morgan fingerprint density at radius 3 is 2.31 bits per heavy atom. The van der Waals surface area contributed by atoms with E-state index in [9.17, 15) is 5.11 Å². The van der Waals surface area contributed by atoms with E-state index >= 15 is 0 Å². The van der Waals surface area contributed by atoms with E-state index in [-0.39, 0.29) is 6.10 Å². The minimum absolute atomic E-state index is 0.157. The van der Waals surface area contributed by atoms with E-state index in [0.717, 1.165) is 32.4 Å². The van der Waals surface area contributed by atoms with Crippen molar-refractivity contribution < 1.29 is 5.11 Å². The predicted molar refractivity (Wildman–Crippen MR) is 68.4 cm³/mol. The van der Waals surface area contributed by atoms with Gasteiger partial charge in [-0.1, -0.05) is 38.1 Å². The summed E-state index contributed by atoms with van der Waals surface area (Å²) in [6.07, 6.45) is 2.61. The van der Waals surface area contributed by atoms with Crippen LogP contribution in [0.4, 0.5) is 0 Å². The lowest BCUT2D eigenvalue weighted by Crippen LogP contribution is -2.19. The summed E-state index contributed by atoms with van der Waals surface area (Å²) < 4.78 is 0. The molecule has 0 aliphatic rings. The van der Waals surface area contributed by atoms with Crippen molar-refractivity contribution in [2.45, 2.75) is 45.8 Å². The Kier molecular flexibility index (Phi) is 6.12. The highest BCUT2D eigenvalue weighted by Crippen LogP contribution is 2.04. The molecule has 0 saturated heterocycles. The van der Waals surface area contributed by atoms with E-state index in [2.05, 4.69) is 36.5 Å². The van der Waals surface area contributed by atoms with Crippen LogP contribution < -0.4 is 5.32 Å². The summed E-state index contributed by atoms with van der Waals surface area (Å²) in [7, 11) is 0. The average molecular weight is 221 g/mol. The maximum Gasteiger partial charge on any atom is 0.0549 e. The topological polar surface area (TPSA) is 32.3 Å². The molecular formula is C14H23NO. The lowest BCUT2D eigenvalue weighted by atomic mass is 10.1. The van der Waals surface area contributed by atoms with Gasteiger partial charge in [0, 0.05) is 6.54 Å². The van der Waals surface area contributed by atoms with Gasteiger partial charge in [0.05, 0.1) is 6.10 Å². The molecule has 1 atom stereocenters. The van der Waals surface area contributed by atoms with E-state index < -0.39 is 0 Å². The van der Waals surface area contributed by atoms with Gasteiger partial charge >= 0.3 is 0 Å². The Balaban J connectivity index is 2.21. The fourth-order valence-electron chi connectivity index (χ4n) is 1.60. The van der Waals surface area contributed by atoms with Gasteiger partial charge in [-0.3, -0.25) is 0 Å². The van der Waals surface area contributed by atoms with Crippen molar-refractivity contribution >= 4 is 0 Å². The second-order valence-electron chi connectivity index (χ2n) is 4.20. The van der Waals surface area contributed by atoms with Gasteiger partial charge in [0.15, 0.2) is 0 Å². The Hall–Kier alpha value is -0.860. The molecule has 1 aromatic carbocycles. The zero-order valence-corrected chi connectivity index (χ0v) is 10.4. The lowest BCUT2D eigenvalue weighted by molar-refractivity contribution is 0.159. The smallest absolute Gasteiger partial charge is 0.0549 e. The standard InChI is InChI=1S/C14H23NO/c1-3-12-5-7-13(8-6-12)11-15-10-9-14(16)4-2/h5-8,14-16H,3-4,9-11H2,1-2H3. The fourth-order valence-corrected chi connectivity index (χ4v) is 1.60. The molecule has 2 N–H and O–H groups in total. The Morgan fingerprint density at radius 2 is 1.75 bits per heavy atom. The third-order valence-corrected chi connectivity index (χ3v) is 2.89. The monoisotopic (exact) mass is 221 g/mol. The Morgan fingerprint density at radius 1 is 1.12 bits per heavy atom. The summed E-state index contributed by atoms with van der Waals surface area (Å²) in [4.78, 5) is 0. The molecule has 0 aromatic heterocycles. The van der Waals surface area contributed by atoms with Crippen LogP contribution in [0.25, 0.3) is 0 Å². The number of aryl methyl sites for hydroxylation is 1. The van der Waals surface area contributed by atoms with Gasteiger partial charge in [-0.05, 0) is 36.9 Å². The van der Waals surface area contributed by atoms with Crippen molar-refractivity contribution in [3.63, 3.8) is 0 Å². The van der Waals surface area contributed by atoms with Crippen LogP contribution >= 0.6 is 0 Å². The van der Waals surface area contributed by atoms with Crippen molar-refractivity contribution in [2.75, 3.05) is 6.54 Å². The van der Waals surface area contributed by atoms with Gasteiger partial charge in [-0.2, -0.15) is 0 Å². The molecule has 2 nitrogen and oxygen atoms in total. The van der Waals surface area contributed by atoms with Crippen LogP contribution in [0.3, 0.4) is 0 Å². The highest BCUT2D eigenvalue weighted by atomic mass is 16.3. The number of aliphatic hydroxyl groups excluding tert-OH is 1. The number of aliphatic hydroxyl groups is 1. The van der Waals surface area contributed by atoms with Crippen LogP contribution in [0.1, 0.15) is 37.8 Å². The molecule has 90 valence electrons. The van der Waals surface area contributed by atoms with Crippen molar-refractivity contribution in [3.8, 4) is 0 Å². The van der Waals surface area contributed by atoms with Crippen molar-refractivity contribution in [1.82, 2.24) is 5.32 Å². The van der Waals surface area contributed by atoms with Crippen LogP contribution in [0, 0.1) is 0 Å². The summed E-state index contributed by atoms with van der Waals surface area (Å²) in [5.41, 5.74) is 2.69. The van der Waals surface area contributed by atoms with Crippen molar-refractivity contribution in [2.24, 2.45) is 0 Å². The first-order valence-electron chi connectivity index (χ1n) is 6.22. The SMILES string of the molecule is CCc1ccc(CNCCC(O)CC)cc1. The molecule has 0 aliphatic heterocycles. The van der Waals surface area contributed by atoms with E-state index in [1.54, 1.807) is 0 Å². The number of hydrogen-bond acceptors (Lipinski definition) is 2. The van der Waals surface area contributed by atoms with Crippen LogP contribution in [0.15, 0.2) is 24.3 Å². The van der Waals surface area contributed by atoms with Gasteiger partial charge < -0.3 is 10.4 Å². The van der Waals surface area contributed by atoms with Gasteiger partial charge in [0.1, 0.15) is 0 Å². The molecule has 2 heteroatoms. The van der Waals surface area contributed by atoms with Gasteiger partial charge in [-0.15, -0.1) is 0 Å². The fraction of sp³-hybridized carbons (Fsp3) is 0.571. The zero-order chi connectivity index (χ0) is 11.8. The largest absolute Gasteiger partial charge is 0.393 e. The predicted octanol–water partition coefficient (Wildman–Crippen LogP) is 2.50. The summed E-state index contributed by atoms with van der Waals surface area (Å²) >= 11 is 0. The second-order valence-corrected chi connectivity index (χ2v) is 4.20. The normalized spacial score (nSPS) is 12.7. The highest BCUT2D eigenvalue weighted by Gasteiger charge is 1.99. The summed E-state index contributed by atoms with van der Waals surface area (Å²) in [6.45, 7) is 5.94. The molecule has 0 heterocycles. The molecule has 0 radical (unpaired) electrons. The molecular weight excluding hydrogens is 198 g/mol. The molecule has 0 amide bonds. The first-order valence-corrected chi connectivity index (χ1v) is 6.22. The number of rotatable bonds is 7. The van der Waals surface area contributed by atoms with Crippen molar-refractivity contribution in [3.05, 3.63) is 35.4 Å². The maximum atomic E-state index is 9.38. The summed E-state index contributed by atoms with van der Waals surface area (Å²) in [5.74, 6) is 0. The van der Waals surface area contributed by atoms with E-state index in [1.165, 1.54) is 11.1 Å². The lowest BCUT2D eigenvalue weighted by Gasteiger charge is -2.09. The van der Waals surface area contributed by atoms with Crippen molar-refractivity contribution in [1.29, 1.82) is 0 Å². The molecule has 1 unspecified atom stereocenters. The molecule has 0 bridgehead atoms. The average Bonchev–Trinajstić information content (AvgIpc) is 2.35. The number of hydrogen-bond donors (Lipinski definition) is 2. The molecule has 1 aromatic rings. The van der Waals surface area contributed by atoms with E-state index in [4.69, 9.17) is 0 Å². The Labute approximate surface area is 98.7 Å². The highest BCUT2D eigenvalue weighted by molar-refractivity contribution is 5.22. The quantitative estimate of drug-likeness (QED) is 0.693. The zero-order valence-electron chi connectivity index (χ0n) is 10.4. The molecule has 0 spiro atoms. The summed E-state index contributed by atoms with van der Waals surface area (Å²) in [6, 6.07) is 8.69. The maximum absolute atomic E-state index is 9.38. The molecule has 0 aliphatic carbocycles. The third kappa shape index (κ3) is 4.77. The van der Waals surface area contributed by atoms with Crippen LogP contribution in [-0.2, 0) is 13.0 Å². The van der Waals surface area contributed by atoms with E-state index in [1.807, 2.05) is 6.92 Å². The van der Waals surface area contributed by atoms with E-state index in [0.29, 0.717) is 0 Å². The second kappa shape index (κ2) is 7.42. The minimum Gasteiger partial charge on any atom is -0.393 e. The molecule has 0 saturated carbocycles. The number of nitrogens with one attached hydrogen (secondary N) is 1. The van der Waals surface area contributed by atoms with Crippen LogP contribution in [0.5, 0.6) is 0 Å². The van der Waals surface area contributed by atoms with Gasteiger partial charge in [0.25, 0.3) is 0 Å². The number of benzene rings is 1. The third-order valence-electron chi connectivity index (χ3n) is 2.89. The van der Waals surface area contributed by atoms with Gasteiger partial charge in [0.2, 0.25) is 0 Å². The first kappa shape index (κ1) is 13.2. The van der Waals surface area contributed by atoms with Crippen LogP contribution in [0.2, 0.25) is 0 Å². The minimum atomic E-state index is -0.157. The Bertz CT molecular complexity index is 281. The van der Waals surface area contributed by atoms with Crippen LogP contribution in [-0.4, -0.2) is 17.8 Å². The summed E-state index contributed by atoms with van der Waals surface area (Å²) in [5, 5.41) is 12.7. The molecule has 1 rings (SSSR count). The first-order chi connectivity index (χ1) is 7.76. The molecule has 16 heavy (non-hydrogen) atoms. The molecule has 0 fully saturated rings.